The minimum atomic E-state index is -1.09. The summed E-state index contributed by atoms with van der Waals surface area (Å²) >= 11 is 0. The van der Waals surface area contributed by atoms with Gasteiger partial charge in [0.15, 0.2) is 5.79 Å². The van der Waals surface area contributed by atoms with Gasteiger partial charge in [-0.2, -0.15) is 0 Å². The molecule has 1 atom stereocenters. The first kappa shape index (κ1) is 27.8. The van der Waals surface area contributed by atoms with Crippen molar-refractivity contribution < 1.29 is 33.0 Å². The number of carbonyl (C=O) groups is 3. The minimum Gasteiger partial charge on any atom is -0.457 e. The van der Waals surface area contributed by atoms with Gasteiger partial charge < -0.3 is 39.9 Å². The fourth-order valence-electron chi connectivity index (χ4n) is 4.72. The Morgan fingerprint density at radius 2 is 1.90 bits per heavy atom. The van der Waals surface area contributed by atoms with E-state index in [0.29, 0.717) is 30.3 Å². The highest BCUT2D eigenvalue weighted by Crippen LogP contribution is 2.35. The molecular weight excluding hydrogens is 532 g/mol. The smallest absolute Gasteiger partial charge is 0.251 e. The molecule has 5 N–H and O–H groups in total. The molecule has 1 aromatic heterocycles. The van der Waals surface area contributed by atoms with Gasteiger partial charge in [0, 0.05) is 12.0 Å². The van der Waals surface area contributed by atoms with Crippen LogP contribution in [0, 0.1) is 12.3 Å². The van der Waals surface area contributed by atoms with E-state index in [1.54, 1.807) is 18.2 Å². The third-order valence-corrected chi connectivity index (χ3v) is 6.78. The first-order valence-corrected chi connectivity index (χ1v) is 13.0. The number of amides is 3. The standard InChI is InChI=1S/C28H30N6O7/c1-17-11-18(7-8-22(17)41-19-5-3-2-4-6-19)26(36)32-14-24(35)34-16-28(39-9-10-40-28)12-21(34)27(37)31-13-23-33-20(15-38-23)25(29)30/h2-8,11,15,21H,9-10,12-14,16H2,1H3,(H3,29,30)(H,31,37)(H,32,36)/t21-/m0/s1. The van der Waals surface area contributed by atoms with E-state index in [2.05, 4.69) is 15.6 Å². The highest BCUT2D eigenvalue weighted by Gasteiger charge is 2.52. The van der Waals surface area contributed by atoms with E-state index in [0.717, 1.165) is 5.56 Å². The second-order valence-electron chi connectivity index (χ2n) is 9.69. The van der Waals surface area contributed by atoms with Crippen molar-refractivity contribution in [2.75, 3.05) is 26.3 Å². The van der Waals surface area contributed by atoms with Crippen molar-refractivity contribution in [3.8, 4) is 11.5 Å². The van der Waals surface area contributed by atoms with E-state index in [-0.39, 0.29) is 43.5 Å². The van der Waals surface area contributed by atoms with E-state index in [1.807, 2.05) is 37.3 Å². The van der Waals surface area contributed by atoms with Gasteiger partial charge in [-0.3, -0.25) is 19.8 Å². The Morgan fingerprint density at radius 1 is 1.15 bits per heavy atom. The summed E-state index contributed by atoms with van der Waals surface area (Å²) in [6.45, 7) is 2.16. The zero-order chi connectivity index (χ0) is 29.0. The number of hydrogen-bond donors (Lipinski definition) is 4. The second-order valence-corrected chi connectivity index (χ2v) is 9.69. The van der Waals surface area contributed by atoms with Crippen LogP contribution >= 0.6 is 0 Å². The fourth-order valence-corrected chi connectivity index (χ4v) is 4.72. The molecule has 13 nitrogen and oxygen atoms in total. The lowest BCUT2D eigenvalue weighted by atomic mass is 10.1. The summed E-state index contributed by atoms with van der Waals surface area (Å²) in [6, 6.07) is 13.4. The van der Waals surface area contributed by atoms with E-state index >= 15 is 0 Å². The third-order valence-electron chi connectivity index (χ3n) is 6.78. The molecule has 2 aliphatic rings. The Balaban J connectivity index is 1.20. The predicted molar refractivity (Wildman–Crippen MR) is 144 cm³/mol. The van der Waals surface area contributed by atoms with E-state index in [1.165, 1.54) is 11.2 Å². The van der Waals surface area contributed by atoms with Crippen molar-refractivity contribution >= 4 is 23.6 Å². The Hall–Kier alpha value is -4.75. The number of nitrogens with one attached hydrogen (secondary N) is 3. The number of likely N-dealkylation sites (tertiary alicyclic amines) is 1. The highest BCUT2D eigenvalue weighted by atomic mass is 16.7. The molecule has 1 spiro atoms. The van der Waals surface area contributed by atoms with Crippen LogP contribution in [0.2, 0.25) is 0 Å². The van der Waals surface area contributed by atoms with Gasteiger partial charge in [-0.1, -0.05) is 18.2 Å². The van der Waals surface area contributed by atoms with Gasteiger partial charge in [0.25, 0.3) is 5.91 Å². The van der Waals surface area contributed by atoms with Crippen LogP contribution in [0.3, 0.4) is 0 Å². The summed E-state index contributed by atoms with van der Waals surface area (Å²) in [5, 5.41) is 12.7. The molecule has 0 radical (unpaired) electrons. The lowest BCUT2D eigenvalue weighted by Crippen LogP contribution is -2.49. The number of nitrogen functional groups attached to an aromatic ring is 1. The average Bonchev–Trinajstić information content (AvgIpc) is 3.72. The summed E-state index contributed by atoms with van der Waals surface area (Å²) in [7, 11) is 0. The number of nitrogens with two attached hydrogens (primary N) is 1. The summed E-state index contributed by atoms with van der Waals surface area (Å²) in [5.41, 5.74) is 6.67. The number of hydrogen-bond acceptors (Lipinski definition) is 9. The van der Waals surface area contributed by atoms with Gasteiger partial charge in [-0.05, 0) is 42.8 Å². The molecule has 3 amide bonds. The van der Waals surface area contributed by atoms with Crippen LogP contribution in [0.4, 0.5) is 0 Å². The van der Waals surface area contributed by atoms with Crippen LogP contribution in [0.1, 0.15) is 33.9 Å². The molecule has 5 rings (SSSR count). The monoisotopic (exact) mass is 562 g/mol. The van der Waals surface area contributed by atoms with Gasteiger partial charge in [-0.15, -0.1) is 0 Å². The van der Waals surface area contributed by atoms with Crippen LogP contribution in [-0.2, 0) is 25.6 Å². The van der Waals surface area contributed by atoms with E-state index < -0.39 is 29.6 Å². The zero-order valence-corrected chi connectivity index (χ0v) is 22.3. The van der Waals surface area contributed by atoms with E-state index in [4.69, 9.17) is 29.8 Å². The first-order chi connectivity index (χ1) is 19.7. The summed E-state index contributed by atoms with van der Waals surface area (Å²) in [5.74, 6) is -1.27. The molecule has 13 heteroatoms. The maximum atomic E-state index is 13.2. The second kappa shape index (κ2) is 11.8. The molecule has 0 unspecified atom stereocenters. The number of aryl methyl sites for hydroxylation is 1. The molecule has 2 saturated heterocycles. The predicted octanol–water partition coefficient (Wildman–Crippen LogP) is 1.45. The largest absolute Gasteiger partial charge is 0.457 e. The molecule has 0 saturated carbocycles. The number of ether oxygens (including phenoxy) is 3. The number of oxazole rings is 1. The maximum absolute atomic E-state index is 13.2. The van der Waals surface area contributed by atoms with Gasteiger partial charge in [0.1, 0.15) is 35.3 Å². The summed E-state index contributed by atoms with van der Waals surface area (Å²) in [6.07, 6.45) is 1.35. The summed E-state index contributed by atoms with van der Waals surface area (Å²) < 4.78 is 22.6. The maximum Gasteiger partial charge on any atom is 0.251 e. The molecule has 2 fully saturated rings. The number of aromatic nitrogens is 1. The Bertz CT molecular complexity index is 1450. The number of benzene rings is 2. The van der Waals surface area contributed by atoms with Crippen LogP contribution in [0.5, 0.6) is 11.5 Å². The Labute approximate surface area is 235 Å². The van der Waals surface area contributed by atoms with Gasteiger partial charge in [0.05, 0.1) is 32.8 Å². The third kappa shape index (κ3) is 6.36. The number of carbonyl (C=O) groups excluding carboxylic acids is 3. The van der Waals surface area contributed by atoms with Gasteiger partial charge in [0.2, 0.25) is 17.7 Å². The van der Waals surface area contributed by atoms with Crippen molar-refractivity contribution in [2.45, 2.75) is 31.7 Å². The van der Waals surface area contributed by atoms with Crippen molar-refractivity contribution in [3.63, 3.8) is 0 Å². The topological polar surface area (TPSA) is 182 Å². The average molecular weight is 563 g/mol. The summed E-state index contributed by atoms with van der Waals surface area (Å²) in [4.78, 5) is 44.6. The molecular formula is C28H30N6O7. The SMILES string of the molecule is Cc1cc(C(=O)NCC(=O)N2CC3(C[C@H]2C(=O)NCc2nc(C(=N)N)co2)OCCO3)ccc1Oc1ccccc1. The molecule has 0 bridgehead atoms. The number of rotatable bonds is 9. The molecule has 2 aromatic carbocycles. The quantitative estimate of drug-likeness (QED) is 0.222. The lowest BCUT2D eigenvalue weighted by molar-refractivity contribution is -0.152. The van der Waals surface area contributed by atoms with E-state index in [9.17, 15) is 14.4 Å². The Kier molecular flexibility index (Phi) is 7.99. The fraction of sp³-hybridized carbons (Fsp3) is 0.321. The van der Waals surface area contributed by atoms with Crippen LogP contribution in [-0.4, -0.2) is 71.6 Å². The lowest BCUT2D eigenvalue weighted by Gasteiger charge is -2.24. The normalized spacial score (nSPS) is 17.4. The van der Waals surface area contributed by atoms with Crippen molar-refractivity contribution in [2.24, 2.45) is 5.73 Å². The van der Waals surface area contributed by atoms with Crippen molar-refractivity contribution in [1.29, 1.82) is 5.41 Å². The van der Waals surface area contributed by atoms with Gasteiger partial charge >= 0.3 is 0 Å². The van der Waals surface area contributed by atoms with Gasteiger partial charge in [-0.25, -0.2) is 4.98 Å². The zero-order valence-electron chi connectivity index (χ0n) is 22.3. The number of amidine groups is 1. The van der Waals surface area contributed by atoms with Crippen molar-refractivity contribution in [1.82, 2.24) is 20.5 Å². The molecule has 2 aliphatic heterocycles. The molecule has 3 heterocycles. The van der Waals surface area contributed by atoms with Crippen LogP contribution < -0.4 is 21.1 Å². The first-order valence-electron chi connectivity index (χ1n) is 13.0. The number of nitrogens with zero attached hydrogens (tertiary/aromatic N) is 2. The van der Waals surface area contributed by atoms with Crippen molar-refractivity contribution in [3.05, 3.63) is 77.5 Å². The molecule has 3 aromatic rings. The molecule has 0 aliphatic carbocycles. The molecule has 214 valence electrons. The highest BCUT2D eigenvalue weighted by molar-refractivity contribution is 5.97. The number of para-hydroxylation sites is 1. The molecule has 41 heavy (non-hydrogen) atoms. The minimum absolute atomic E-state index is 0.0396. The Morgan fingerprint density at radius 3 is 2.59 bits per heavy atom. The van der Waals surface area contributed by atoms with Crippen LogP contribution in [0.15, 0.2) is 59.2 Å². The van der Waals surface area contributed by atoms with Crippen LogP contribution in [0.25, 0.3) is 0 Å².